The fraction of sp³-hybridized carbons (Fsp3) is 0.400. The number of carbonyl (C=O) groups is 1. The number of hydrogen-bond acceptors (Lipinski definition) is 4. The lowest BCUT2D eigenvalue weighted by molar-refractivity contribution is -0.140. The molecular formula is C10H12N4O2. The molecule has 0 N–H and O–H groups in total. The van der Waals surface area contributed by atoms with Gasteiger partial charge in [0.2, 0.25) is 0 Å². The number of carbonyl (C=O) groups excluding carboxylic acids is 1. The summed E-state index contributed by atoms with van der Waals surface area (Å²) in [7, 11) is 1.35. The maximum Gasteiger partial charge on any atom is 0.305 e. The predicted octanol–water partition coefficient (Wildman–Crippen LogP) is 2.00. The summed E-state index contributed by atoms with van der Waals surface area (Å²) in [6.07, 6.45) is 0.825. The van der Waals surface area contributed by atoms with Crippen molar-refractivity contribution in [2.45, 2.75) is 19.4 Å². The Kier molecular flexibility index (Phi) is 4.82. The highest BCUT2D eigenvalue weighted by Crippen LogP contribution is 2.04. The summed E-state index contributed by atoms with van der Waals surface area (Å²) >= 11 is 0. The van der Waals surface area contributed by atoms with Gasteiger partial charge in [0.15, 0.2) is 0 Å². The molecule has 0 bridgehead atoms. The van der Waals surface area contributed by atoms with Gasteiger partial charge < -0.3 is 4.74 Å². The van der Waals surface area contributed by atoms with Crippen LogP contribution in [0.3, 0.4) is 0 Å². The number of esters is 1. The van der Waals surface area contributed by atoms with E-state index >= 15 is 0 Å². The molecule has 0 atom stereocenters. The minimum absolute atomic E-state index is 0.225. The lowest BCUT2D eigenvalue weighted by Gasteiger charge is -2.01. The third-order valence-electron chi connectivity index (χ3n) is 1.97. The Bertz CT molecular complexity index is 413. The molecule has 1 rings (SSSR count). The number of hydrogen-bond donors (Lipinski definition) is 0. The van der Waals surface area contributed by atoms with Crippen molar-refractivity contribution in [3.05, 3.63) is 40.0 Å². The summed E-state index contributed by atoms with van der Waals surface area (Å²) in [5, 5.41) is 3.42. The van der Waals surface area contributed by atoms with Crippen LogP contribution in [0.1, 0.15) is 17.8 Å². The van der Waals surface area contributed by atoms with Crippen LogP contribution in [-0.2, 0) is 22.5 Å². The van der Waals surface area contributed by atoms with Crippen molar-refractivity contribution in [2.75, 3.05) is 7.11 Å². The molecule has 16 heavy (non-hydrogen) atoms. The largest absolute Gasteiger partial charge is 0.469 e. The molecule has 0 aliphatic carbocycles. The average Bonchev–Trinajstić information content (AvgIpc) is 2.34. The van der Waals surface area contributed by atoms with Gasteiger partial charge in [-0.1, -0.05) is 11.2 Å². The zero-order chi connectivity index (χ0) is 11.8. The fourth-order valence-electron chi connectivity index (χ4n) is 1.19. The number of azide groups is 1. The van der Waals surface area contributed by atoms with Crippen LogP contribution < -0.4 is 0 Å². The molecule has 0 unspecified atom stereocenters. The lowest BCUT2D eigenvalue weighted by atomic mass is 10.2. The Morgan fingerprint density at radius 2 is 2.31 bits per heavy atom. The Labute approximate surface area is 92.9 Å². The molecule has 0 aromatic carbocycles. The average molecular weight is 220 g/mol. The van der Waals surface area contributed by atoms with Gasteiger partial charge in [-0.3, -0.25) is 9.78 Å². The first-order valence-electron chi connectivity index (χ1n) is 4.78. The quantitative estimate of drug-likeness (QED) is 0.329. The van der Waals surface area contributed by atoms with Crippen LogP contribution in [0.5, 0.6) is 0 Å². The molecule has 0 fully saturated rings. The van der Waals surface area contributed by atoms with Gasteiger partial charge in [0.1, 0.15) is 0 Å². The topological polar surface area (TPSA) is 88.0 Å². The van der Waals surface area contributed by atoms with Crippen LogP contribution in [0.2, 0.25) is 0 Å². The van der Waals surface area contributed by atoms with Gasteiger partial charge in [0, 0.05) is 22.7 Å². The molecule has 0 aliphatic heterocycles. The highest BCUT2D eigenvalue weighted by atomic mass is 16.5. The number of aryl methyl sites for hydroxylation is 1. The zero-order valence-corrected chi connectivity index (χ0v) is 8.96. The van der Waals surface area contributed by atoms with Gasteiger partial charge in [-0.2, -0.15) is 0 Å². The third kappa shape index (κ3) is 3.98. The summed E-state index contributed by atoms with van der Waals surface area (Å²) in [5.74, 6) is -0.262. The molecular weight excluding hydrogens is 208 g/mol. The van der Waals surface area contributed by atoms with E-state index in [1.807, 2.05) is 12.1 Å². The molecule has 0 saturated carbocycles. The van der Waals surface area contributed by atoms with E-state index in [1.165, 1.54) is 7.11 Å². The summed E-state index contributed by atoms with van der Waals surface area (Å²) in [4.78, 5) is 17.8. The van der Waals surface area contributed by atoms with E-state index in [1.54, 1.807) is 6.07 Å². The summed E-state index contributed by atoms with van der Waals surface area (Å²) in [6.45, 7) is 0.225. The lowest BCUT2D eigenvalue weighted by Crippen LogP contribution is -2.03. The van der Waals surface area contributed by atoms with E-state index in [-0.39, 0.29) is 12.5 Å². The monoisotopic (exact) mass is 220 g/mol. The Morgan fingerprint density at radius 3 is 3.00 bits per heavy atom. The van der Waals surface area contributed by atoms with E-state index in [0.717, 1.165) is 5.69 Å². The van der Waals surface area contributed by atoms with Crippen LogP contribution in [0, 0.1) is 0 Å². The van der Waals surface area contributed by atoms with Gasteiger partial charge in [0.25, 0.3) is 0 Å². The molecule has 84 valence electrons. The summed E-state index contributed by atoms with van der Waals surface area (Å²) < 4.78 is 4.53. The number of pyridine rings is 1. The molecule has 0 radical (unpaired) electrons. The first-order valence-corrected chi connectivity index (χ1v) is 4.78. The van der Waals surface area contributed by atoms with Crippen LogP contribution in [0.15, 0.2) is 23.3 Å². The molecule has 6 nitrogen and oxygen atoms in total. The molecule has 1 aromatic heterocycles. The van der Waals surface area contributed by atoms with Crippen LogP contribution >= 0.6 is 0 Å². The first-order chi connectivity index (χ1) is 7.76. The summed E-state index contributed by atoms with van der Waals surface area (Å²) in [5.41, 5.74) is 9.66. The Hall–Kier alpha value is -2.07. The van der Waals surface area contributed by atoms with Crippen LogP contribution in [0.4, 0.5) is 0 Å². The molecule has 1 heterocycles. The third-order valence-corrected chi connectivity index (χ3v) is 1.97. The Balaban J connectivity index is 2.59. The maximum atomic E-state index is 10.9. The second-order valence-electron chi connectivity index (χ2n) is 3.09. The van der Waals surface area contributed by atoms with Gasteiger partial charge in [0.05, 0.1) is 20.1 Å². The molecule has 6 heteroatoms. The minimum Gasteiger partial charge on any atom is -0.469 e. The van der Waals surface area contributed by atoms with Gasteiger partial charge in [-0.15, -0.1) is 0 Å². The van der Waals surface area contributed by atoms with Crippen molar-refractivity contribution >= 4 is 5.97 Å². The van der Waals surface area contributed by atoms with Crippen molar-refractivity contribution in [1.82, 2.24) is 4.98 Å². The second-order valence-corrected chi connectivity index (χ2v) is 3.09. The predicted molar refractivity (Wildman–Crippen MR) is 57.4 cm³/mol. The smallest absolute Gasteiger partial charge is 0.305 e. The van der Waals surface area contributed by atoms with Gasteiger partial charge >= 0.3 is 5.97 Å². The number of nitrogens with zero attached hydrogens (tertiary/aromatic N) is 4. The van der Waals surface area contributed by atoms with Crippen molar-refractivity contribution in [1.29, 1.82) is 0 Å². The van der Waals surface area contributed by atoms with Gasteiger partial charge in [-0.05, 0) is 17.7 Å². The van der Waals surface area contributed by atoms with Crippen molar-refractivity contribution < 1.29 is 9.53 Å². The first kappa shape index (κ1) is 12.0. The number of rotatable bonds is 5. The molecule has 0 saturated heterocycles. The minimum atomic E-state index is -0.262. The molecule has 0 spiro atoms. The zero-order valence-electron chi connectivity index (χ0n) is 8.96. The number of aromatic nitrogens is 1. The van der Waals surface area contributed by atoms with Crippen molar-refractivity contribution in [2.24, 2.45) is 5.11 Å². The fourth-order valence-corrected chi connectivity index (χ4v) is 1.19. The standard InChI is InChI=1S/C10H12N4O2/c1-16-10(15)6-5-8-3-2-4-9(13-8)7-12-14-11/h2-4H,5-7H2,1H3. The number of methoxy groups -OCH3 is 1. The normalized spacial score (nSPS) is 9.31. The summed E-state index contributed by atoms with van der Waals surface area (Å²) in [6, 6.07) is 5.42. The van der Waals surface area contributed by atoms with Crippen LogP contribution in [0.25, 0.3) is 10.4 Å². The second kappa shape index (κ2) is 6.42. The van der Waals surface area contributed by atoms with E-state index < -0.39 is 0 Å². The SMILES string of the molecule is COC(=O)CCc1cccc(CN=[N+]=[N-])n1. The highest BCUT2D eigenvalue weighted by Gasteiger charge is 2.02. The van der Waals surface area contributed by atoms with E-state index in [4.69, 9.17) is 5.53 Å². The van der Waals surface area contributed by atoms with Gasteiger partial charge in [-0.25, -0.2) is 0 Å². The van der Waals surface area contributed by atoms with Crippen LogP contribution in [-0.4, -0.2) is 18.1 Å². The highest BCUT2D eigenvalue weighted by molar-refractivity contribution is 5.69. The van der Waals surface area contributed by atoms with E-state index in [9.17, 15) is 4.79 Å². The molecule has 0 aliphatic rings. The Morgan fingerprint density at radius 1 is 1.56 bits per heavy atom. The van der Waals surface area contributed by atoms with Crippen molar-refractivity contribution in [3.8, 4) is 0 Å². The van der Waals surface area contributed by atoms with E-state index in [0.29, 0.717) is 18.5 Å². The maximum absolute atomic E-state index is 10.9. The van der Waals surface area contributed by atoms with Crippen molar-refractivity contribution in [3.63, 3.8) is 0 Å². The molecule has 1 aromatic rings. The number of ether oxygens (including phenoxy) is 1. The van der Waals surface area contributed by atoms with E-state index in [2.05, 4.69) is 19.7 Å². The molecule has 0 amide bonds.